The largest absolute Gasteiger partial charge is 0.396 e. The predicted octanol–water partition coefficient (Wildman–Crippen LogP) is 7.39. The van der Waals surface area contributed by atoms with Crippen LogP contribution in [0.3, 0.4) is 0 Å². The maximum absolute atomic E-state index is 10.9. The zero-order chi connectivity index (χ0) is 24.2. The number of allylic oxidation sites excluding steroid dienone is 1. The molecule has 0 aromatic heterocycles. The van der Waals surface area contributed by atoms with E-state index in [0.29, 0.717) is 40.6 Å². The Labute approximate surface area is 204 Å². The highest BCUT2D eigenvalue weighted by molar-refractivity contribution is 5.25. The summed E-state index contributed by atoms with van der Waals surface area (Å²) in [7, 11) is 0. The van der Waals surface area contributed by atoms with Crippen molar-refractivity contribution in [2.24, 2.45) is 56.2 Å². The quantitative estimate of drug-likeness (QED) is 0.425. The van der Waals surface area contributed by atoms with Crippen molar-refractivity contribution < 1.29 is 10.2 Å². The summed E-state index contributed by atoms with van der Waals surface area (Å²) in [6.07, 6.45) is 12.0. The summed E-state index contributed by atoms with van der Waals surface area (Å²) in [4.78, 5) is 0. The molecule has 0 unspecified atom stereocenters. The lowest BCUT2D eigenvalue weighted by atomic mass is 9.29. The van der Waals surface area contributed by atoms with Gasteiger partial charge in [0.15, 0.2) is 0 Å². The molecule has 0 bridgehead atoms. The summed E-state index contributed by atoms with van der Waals surface area (Å²) in [6.45, 7) is 22.4. The molecule has 0 saturated heterocycles. The zero-order valence-electron chi connectivity index (χ0n) is 22.8. The summed E-state index contributed by atoms with van der Waals surface area (Å²) in [5, 5.41) is 21.7. The fraction of sp³-hybridized carbons (Fsp3) is 0.935. The molecule has 5 aliphatic carbocycles. The highest BCUT2D eigenvalue weighted by Crippen LogP contribution is 2.81. The van der Waals surface area contributed by atoms with E-state index in [1.165, 1.54) is 63.4 Å². The van der Waals surface area contributed by atoms with Gasteiger partial charge in [0, 0.05) is 6.61 Å². The molecule has 0 aliphatic heterocycles. The lowest BCUT2D eigenvalue weighted by molar-refractivity contribution is -0.279. The monoisotopic (exact) mass is 456 g/mol. The molecular formula is C31H52O2. The lowest BCUT2D eigenvalue weighted by Crippen LogP contribution is -2.70. The van der Waals surface area contributed by atoms with Gasteiger partial charge in [-0.05, 0) is 127 Å². The van der Waals surface area contributed by atoms with E-state index >= 15 is 0 Å². The molecule has 33 heavy (non-hydrogen) atoms. The fourth-order valence-corrected chi connectivity index (χ4v) is 12.2. The Balaban J connectivity index is 1.60. The minimum Gasteiger partial charge on any atom is -0.396 e. The van der Waals surface area contributed by atoms with E-state index in [4.69, 9.17) is 0 Å². The van der Waals surface area contributed by atoms with Gasteiger partial charge in [-0.1, -0.05) is 53.7 Å². The standard InChI is InChI=1S/C31H52O2/c1-20(2)21-9-16-31(19-32)18-17-30(8)28(6)14-10-22-26(3,4)24(33)12-13-27(22,5)23(28)11-15-29(30,7)25(21)31/h21-25,32-33H,1,9-19H2,2-8H3/t21-,22-,23+,24-,25+,27+,28-,29-,30-,31+/m0/s1. The van der Waals surface area contributed by atoms with Crippen LogP contribution in [0.4, 0.5) is 0 Å². The van der Waals surface area contributed by atoms with Gasteiger partial charge in [-0.2, -0.15) is 0 Å². The average Bonchev–Trinajstić information content (AvgIpc) is 3.15. The summed E-state index contributed by atoms with van der Waals surface area (Å²) in [5.41, 5.74) is 2.68. The lowest BCUT2D eigenvalue weighted by Gasteiger charge is -2.76. The van der Waals surface area contributed by atoms with Crippen LogP contribution in [0.15, 0.2) is 12.2 Å². The topological polar surface area (TPSA) is 40.5 Å². The first-order valence-electron chi connectivity index (χ1n) is 14.2. The third kappa shape index (κ3) is 2.69. The van der Waals surface area contributed by atoms with Crippen LogP contribution in [0.5, 0.6) is 0 Å². The maximum Gasteiger partial charge on any atom is 0.0594 e. The Morgan fingerprint density at radius 1 is 0.788 bits per heavy atom. The molecule has 0 radical (unpaired) electrons. The van der Waals surface area contributed by atoms with Gasteiger partial charge >= 0.3 is 0 Å². The highest BCUT2D eigenvalue weighted by Gasteiger charge is 2.74. The number of hydrogen-bond acceptors (Lipinski definition) is 2. The van der Waals surface area contributed by atoms with Crippen LogP contribution in [0.25, 0.3) is 0 Å². The minimum absolute atomic E-state index is 0.0189. The Morgan fingerprint density at radius 3 is 2.06 bits per heavy atom. The third-order valence-corrected chi connectivity index (χ3v) is 14.3. The third-order valence-electron chi connectivity index (χ3n) is 14.3. The van der Waals surface area contributed by atoms with Crippen LogP contribution in [0, 0.1) is 56.2 Å². The number of rotatable bonds is 2. The second-order valence-corrected chi connectivity index (χ2v) is 15.2. The number of aliphatic hydroxyl groups is 2. The average molecular weight is 457 g/mol. The van der Waals surface area contributed by atoms with Crippen molar-refractivity contribution in [3.63, 3.8) is 0 Å². The van der Waals surface area contributed by atoms with E-state index < -0.39 is 0 Å². The van der Waals surface area contributed by atoms with Gasteiger partial charge in [-0.3, -0.25) is 0 Å². The van der Waals surface area contributed by atoms with E-state index in [0.717, 1.165) is 12.3 Å². The molecule has 5 saturated carbocycles. The number of hydrogen-bond donors (Lipinski definition) is 2. The Bertz CT molecular complexity index is 831. The zero-order valence-corrected chi connectivity index (χ0v) is 22.8. The van der Waals surface area contributed by atoms with Crippen LogP contribution < -0.4 is 0 Å². The molecule has 2 N–H and O–H groups in total. The number of aliphatic hydroxyl groups excluding tert-OH is 2. The van der Waals surface area contributed by atoms with Crippen molar-refractivity contribution in [1.82, 2.24) is 0 Å². The molecule has 0 aromatic rings. The molecule has 10 atom stereocenters. The van der Waals surface area contributed by atoms with Crippen LogP contribution in [0.2, 0.25) is 0 Å². The molecule has 188 valence electrons. The first-order valence-corrected chi connectivity index (χ1v) is 14.2. The maximum atomic E-state index is 10.9. The molecule has 5 aliphatic rings. The van der Waals surface area contributed by atoms with Gasteiger partial charge in [0.25, 0.3) is 0 Å². The van der Waals surface area contributed by atoms with E-state index in [1.807, 2.05) is 0 Å². The summed E-state index contributed by atoms with van der Waals surface area (Å²) >= 11 is 0. The molecule has 0 aromatic carbocycles. The molecule has 2 nitrogen and oxygen atoms in total. The van der Waals surface area contributed by atoms with E-state index in [2.05, 4.69) is 55.0 Å². The Kier molecular flexibility index (Phi) is 5.25. The van der Waals surface area contributed by atoms with Crippen molar-refractivity contribution in [1.29, 1.82) is 0 Å². The highest BCUT2D eigenvalue weighted by atomic mass is 16.3. The number of fused-ring (bicyclic) bond motifs is 7. The fourth-order valence-electron chi connectivity index (χ4n) is 12.2. The minimum atomic E-state index is -0.154. The van der Waals surface area contributed by atoms with Gasteiger partial charge in [-0.25, -0.2) is 0 Å². The molecule has 5 fully saturated rings. The van der Waals surface area contributed by atoms with Crippen LogP contribution in [0.1, 0.15) is 113 Å². The smallest absolute Gasteiger partial charge is 0.0594 e. The normalized spacial score (nSPS) is 57.4. The van der Waals surface area contributed by atoms with Crippen molar-refractivity contribution in [2.75, 3.05) is 6.61 Å². The Hall–Kier alpha value is -0.340. The van der Waals surface area contributed by atoms with Crippen LogP contribution in [-0.2, 0) is 0 Å². The van der Waals surface area contributed by atoms with Crippen molar-refractivity contribution in [3.8, 4) is 0 Å². The van der Waals surface area contributed by atoms with Crippen molar-refractivity contribution in [2.45, 2.75) is 119 Å². The second kappa shape index (κ2) is 7.12. The summed E-state index contributed by atoms with van der Waals surface area (Å²) < 4.78 is 0. The molecule has 5 rings (SSSR count). The SMILES string of the molecule is C=C(C)[C@@H]1CC[C@]2(CO)CC[C@@]3(C)[C@@]4(C)CC[C@H]5C(C)(C)[C@@H](O)CC[C@@]5(C)[C@H]4CC[C@@]3(C)[C@@H]12. The van der Waals surface area contributed by atoms with Gasteiger partial charge in [0.2, 0.25) is 0 Å². The summed E-state index contributed by atoms with van der Waals surface area (Å²) in [6, 6.07) is 0. The predicted molar refractivity (Wildman–Crippen MR) is 137 cm³/mol. The molecule has 0 amide bonds. The second-order valence-electron chi connectivity index (χ2n) is 15.2. The van der Waals surface area contributed by atoms with E-state index in [1.54, 1.807) is 0 Å². The molecular weight excluding hydrogens is 404 g/mol. The summed E-state index contributed by atoms with van der Waals surface area (Å²) in [5.74, 6) is 2.49. The first-order chi connectivity index (χ1) is 15.2. The molecule has 2 heteroatoms. The van der Waals surface area contributed by atoms with Gasteiger partial charge in [0.1, 0.15) is 0 Å². The van der Waals surface area contributed by atoms with Gasteiger partial charge in [0.05, 0.1) is 6.10 Å². The molecule has 0 heterocycles. The Morgan fingerprint density at radius 2 is 1.42 bits per heavy atom. The van der Waals surface area contributed by atoms with Crippen LogP contribution in [-0.4, -0.2) is 22.9 Å². The molecule has 0 spiro atoms. The van der Waals surface area contributed by atoms with E-state index in [-0.39, 0.29) is 22.3 Å². The van der Waals surface area contributed by atoms with Crippen molar-refractivity contribution >= 4 is 0 Å². The van der Waals surface area contributed by atoms with Crippen molar-refractivity contribution in [3.05, 3.63) is 12.2 Å². The van der Waals surface area contributed by atoms with E-state index in [9.17, 15) is 10.2 Å². The van der Waals surface area contributed by atoms with Gasteiger partial charge < -0.3 is 10.2 Å². The van der Waals surface area contributed by atoms with Crippen LogP contribution >= 0.6 is 0 Å². The first kappa shape index (κ1) is 24.4. The van der Waals surface area contributed by atoms with Gasteiger partial charge in [-0.15, -0.1) is 0 Å².